The number of benzene rings is 1. The standard InChI is InChI=1S/C25H35N3O6/c1-16-22(32-5)14-28(3)25(30)19-12-17(13-26)6-8-20(19)33-15-23-21(31-4)9-7-18(34-23)10-11-27(2)24(16)29/h6,8,12,16,18,21-23H,7,9-11,14-15H2,1-5H3/t16-,18+,21-,22-,23+/m0/s1. The topological polar surface area (TPSA) is 101 Å². The smallest absolute Gasteiger partial charge is 0.257 e. The average Bonchev–Trinajstić information content (AvgIpc) is 2.86. The van der Waals surface area contributed by atoms with Crippen molar-refractivity contribution in [2.24, 2.45) is 5.92 Å². The number of nitrogens with zero attached hydrogens (tertiary/aromatic N) is 3. The normalized spacial score (nSPS) is 29.2. The minimum atomic E-state index is -0.488. The van der Waals surface area contributed by atoms with Crippen LogP contribution in [0.4, 0.5) is 0 Å². The largest absolute Gasteiger partial charge is 0.490 e. The number of methoxy groups -OCH3 is 2. The van der Waals surface area contributed by atoms with Crippen molar-refractivity contribution in [3.8, 4) is 11.8 Å². The fraction of sp³-hybridized carbons (Fsp3) is 0.640. The molecule has 2 aliphatic heterocycles. The van der Waals surface area contributed by atoms with Crippen LogP contribution in [-0.2, 0) is 19.0 Å². The molecule has 0 saturated carbocycles. The molecule has 0 radical (unpaired) electrons. The van der Waals surface area contributed by atoms with Crippen molar-refractivity contribution in [2.75, 3.05) is 48.0 Å². The van der Waals surface area contributed by atoms with Crippen LogP contribution in [-0.4, -0.2) is 94.0 Å². The molecule has 0 aromatic heterocycles. The summed E-state index contributed by atoms with van der Waals surface area (Å²) in [7, 11) is 6.62. The minimum Gasteiger partial charge on any atom is -0.490 e. The molecule has 1 aromatic rings. The molecule has 2 heterocycles. The Labute approximate surface area is 201 Å². The lowest BCUT2D eigenvalue weighted by Gasteiger charge is -2.37. The lowest BCUT2D eigenvalue weighted by molar-refractivity contribution is -0.147. The first kappa shape index (κ1) is 25.9. The number of ether oxygens (including phenoxy) is 4. The van der Waals surface area contributed by atoms with E-state index in [4.69, 9.17) is 18.9 Å². The van der Waals surface area contributed by atoms with Gasteiger partial charge in [-0.25, -0.2) is 0 Å². The molecule has 9 nitrogen and oxygen atoms in total. The van der Waals surface area contributed by atoms with E-state index in [0.717, 1.165) is 12.8 Å². The van der Waals surface area contributed by atoms with Gasteiger partial charge in [0, 0.05) is 41.4 Å². The molecule has 0 aliphatic carbocycles. The second-order valence-electron chi connectivity index (χ2n) is 9.08. The van der Waals surface area contributed by atoms with Gasteiger partial charge in [0.25, 0.3) is 5.91 Å². The zero-order valence-electron chi connectivity index (χ0n) is 20.7. The van der Waals surface area contributed by atoms with Crippen molar-refractivity contribution in [1.29, 1.82) is 5.26 Å². The van der Waals surface area contributed by atoms with Gasteiger partial charge in [-0.05, 0) is 37.5 Å². The maximum absolute atomic E-state index is 13.4. The van der Waals surface area contributed by atoms with Gasteiger partial charge in [-0.2, -0.15) is 5.26 Å². The average molecular weight is 474 g/mol. The molecule has 0 unspecified atom stereocenters. The number of rotatable bonds is 2. The predicted molar refractivity (Wildman–Crippen MR) is 125 cm³/mol. The second-order valence-corrected chi connectivity index (χ2v) is 9.08. The number of fused-ring (bicyclic) bond motifs is 3. The first-order valence-electron chi connectivity index (χ1n) is 11.7. The summed E-state index contributed by atoms with van der Waals surface area (Å²) in [5.41, 5.74) is 0.636. The Bertz CT molecular complexity index is 916. The number of hydrogen-bond acceptors (Lipinski definition) is 7. The Balaban J connectivity index is 1.96. The number of nitriles is 1. The number of amides is 2. The van der Waals surface area contributed by atoms with Crippen molar-refractivity contribution in [1.82, 2.24) is 9.80 Å². The number of hydrogen-bond donors (Lipinski definition) is 0. The van der Waals surface area contributed by atoms with E-state index in [1.54, 1.807) is 38.2 Å². The van der Waals surface area contributed by atoms with Crippen molar-refractivity contribution < 1.29 is 28.5 Å². The van der Waals surface area contributed by atoms with Crippen LogP contribution in [0.5, 0.6) is 5.75 Å². The van der Waals surface area contributed by atoms with Gasteiger partial charge in [0.05, 0.1) is 41.4 Å². The summed E-state index contributed by atoms with van der Waals surface area (Å²) in [4.78, 5) is 29.7. The molecule has 9 heteroatoms. The van der Waals surface area contributed by atoms with Crippen molar-refractivity contribution in [2.45, 2.75) is 50.6 Å². The van der Waals surface area contributed by atoms with E-state index < -0.39 is 12.0 Å². The molecular formula is C25H35N3O6. The highest BCUT2D eigenvalue weighted by Crippen LogP contribution is 2.28. The maximum Gasteiger partial charge on any atom is 0.257 e. The highest BCUT2D eigenvalue weighted by molar-refractivity contribution is 5.97. The molecule has 0 N–H and O–H groups in total. The third-order valence-corrected chi connectivity index (χ3v) is 6.81. The molecule has 186 valence electrons. The van der Waals surface area contributed by atoms with E-state index in [9.17, 15) is 14.9 Å². The quantitative estimate of drug-likeness (QED) is 0.648. The molecule has 1 fully saturated rings. The third kappa shape index (κ3) is 5.87. The summed E-state index contributed by atoms with van der Waals surface area (Å²) < 4.78 is 23.6. The molecule has 2 bridgehead atoms. The van der Waals surface area contributed by atoms with Gasteiger partial charge in [0.1, 0.15) is 18.5 Å². The van der Waals surface area contributed by atoms with Crippen LogP contribution >= 0.6 is 0 Å². The summed E-state index contributed by atoms with van der Waals surface area (Å²) >= 11 is 0. The fourth-order valence-corrected chi connectivity index (χ4v) is 4.58. The Morgan fingerprint density at radius 2 is 1.79 bits per heavy atom. The Kier molecular flexibility index (Phi) is 8.89. The van der Waals surface area contributed by atoms with Crippen LogP contribution in [0.1, 0.15) is 42.1 Å². The van der Waals surface area contributed by atoms with Gasteiger partial charge in [0.15, 0.2) is 0 Å². The van der Waals surface area contributed by atoms with Crippen LogP contribution in [0, 0.1) is 17.2 Å². The molecular weight excluding hydrogens is 438 g/mol. The molecule has 0 spiro atoms. The van der Waals surface area contributed by atoms with Crippen LogP contribution in [0.3, 0.4) is 0 Å². The van der Waals surface area contributed by atoms with Crippen LogP contribution in [0.15, 0.2) is 18.2 Å². The molecule has 2 amide bonds. The third-order valence-electron chi connectivity index (χ3n) is 6.81. The fourth-order valence-electron chi connectivity index (χ4n) is 4.58. The van der Waals surface area contributed by atoms with Crippen LogP contribution < -0.4 is 4.74 Å². The van der Waals surface area contributed by atoms with E-state index in [-0.39, 0.29) is 48.8 Å². The summed E-state index contributed by atoms with van der Waals surface area (Å²) in [5.74, 6) is -0.434. The van der Waals surface area contributed by atoms with Gasteiger partial charge < -0.3 is 28.7 Å². The molecule has 5 atom stereocenters. The van der Waals surface area contributed by atoms with E-state index in [1.165, 1.54) is 18.1 Å². The molecule has 2 aliphatic rings. The summed E-state index contributed by atoms with van der Waals surface area (Å²) in [6, 6.07) is 6.86. The van der Waals surface area contributed by atoms with Crippen molar-refractivity contribution >= 4 is 11.8 Å². The Morgan fingerprint density at radius 3 is 2.47 bits per heavy atom. The monoisotopic (exact) mass is 473 g/mol. The van der Waals surface area contributed by atoms with Crippen LogP contribution in [0.25, 0.3) is 0 Å². The maximum atomic E-state index is 13.4. The molecule has 34 heavy (non-hydrogen) atoms. The summed E-state index contributed by atoms with van der Waals surface area (Å²) in [6.07, 6.45) is 1.40. The Hall–Kier alpha value is -2.67. The number of carbonyl (C=O) groups is 2. The van der Waals surface area contributed by atoms with E-state index in [1.807, 2.05) is 6.92 Å². The number of likely N-dealkylation sites (N-methyl/N-ethyl adjacent to an activating group) is 1. The van der Waals surface area contributed by atoms with Gasteiger partial charge >= 0.3 is 0 Å². The summed E-state index contributed by atoms with van der Waals surface area (Å²) in [6.45, 7) is 2.80. The van der Waals surface area contributed by atoms with Gasteiger partial charge in [-0.3, -0.25) is 9.59 Å². The van der Waals surface area contributed by atoms with E-state index in [2.05, 4.69) is 6.07 Å². The highest BCUT2D eigenvalue weighted by atomic mass is 16.6. The van der Waals surface area contributed by atoms with Crippen molar-refractivity contribution in [3.05, 3.63) is 29.3 Å². The van der Waals surface area contributed by atoms with Crippen LogP contribution in [0.2, 0.25) is 0 Å². The highest BCUT2D eigenvalue weighted by Gasteiger charge is 2.34. The molecule has 1 aromatic carbocycles. The predicted octanol–water partition coefficient (Wildman–Crippen LogP) is 2.08. The Morgan fingerprint density at radius 1 is 1.06 bits per heavy atom. The lowest BCUT2D eigenvalue weighted by atomic mass is 9.98. The molecule has 3 rings (SSSR count). The van der Waals surface area contributed by atoms with Gasteiger partial charge in [-0.1, -0.05) is 6.92 Å². The number of carbonyl (C=O) groups excluding carboxylic acids is 2. The summed E-state index contributed by atoms with van der Waals surface area (Å²) in [5, 5.41) is 9.36. The zero-order chi connectivity index (χ0) is 24.8. The second kappa shape index (κ2) is 11.6. The first-order valence-corrected chi connectivity index (χ1v) is 11.7. The lowest BCUT2D eigenvalue weighted by Crippen LogP contribution is -2.47. The zero-order valence-corrected chi connectivity index (χ0v) is 20.7. The van der Waals surface area contributed by atoms with E-state index in [0.29, 0.717) is 24.3 Å². The van der Waals surface area contributed by atoms with Crippen molar-refractivity contribution in [3.63, 3.8) is 0 Å². The van der Waals surface area contributed by atoms with E-state index >= 15 is 0 Å². The van der Waals surface area contributed by atoms with Gasteiger partial charge in [0.2, 0.25) is 5.91 Å². The minimum absolute atomic E-state index is 0.0233. The first-order chi connectivity index (χ1) is 16.3. The molecule has 1 saturated heterocycles. The SMILES string of the molecule is CO[C@H]1CN(C)C(=O)c2cc(C#N)ccc2OC[C@H]2O[C@H](CC[C@@H]2OC)CCN(C)C(=O)[C@H]1C. The van der Waals surface area contributed by atoms with Gasteiger partial charge in [-0.15, -0.1) is 0 Å².